The molecule has 106 valence electrons. The number of hydrogen-bond donors (Lipinski definition) is 1. The van der Waals surface area contributed by atoms with E-state index in [4.69, 9.17) is 9.84 Å². The number of benzene rings is 1. The second-order valence-electron chi connectivity index (χ2n) is 4.55. The fraction of sp³-hybridized carbons (Fsp3) is 0.462. The second-order valence-corrected chi connectivity index (χ2v) is 7.22. The first-order chi connectivity index (χ1) is 8.74. The van der Waals surface area contributed by atoms with Gasteiger partial charge in [-0.05, 0) is 44.5 Å². The van der Waals surface area contributed by atoms with Gasteiger partial charge < -0.3 is 9.84 Å². The predicted molar refractivity (Wildman–Crippen MR) is 72.6 cm³/mol. The van der Waals surface area contributed by atoms with E-state index < -0.39 is 21.1 Å². The first-order valence-electron chi connectivity index (χ1n) is 5.92. The van der Waals surface area contributed by atoms with Gasteiger partial charge in [0, 0.05) is 0 Å². The molecule has 6 heteroatoms. The number of carbonyl (C=O) groups is 1. The Hall–Kier alpha value is -1.56. The van der Waals surface area contributed by atoms with Crippen molar-refractivity contribution in [2.45, 2.75) is 26.0 Å². The van der Waals surface area contributed by atoms with Crippen LogP contribution in [0.15, 0.2) is 18.2 Å². The van der Waals surface area contributed by atoms with Crippen LogP contribution in [0.4, 0.5) is 0 Å². The Labute approximate surface area is 113 Å². The van der Waals surface area contributed by atoms with Crippen LogP contribution in [0.25, 0.3) is 0 Å². The lowest BCUT2D eigenvalue weighted by Gasteiger charge is -2.10. The zero-order chi connectivity index (χ0) is 14.6. The molecule has 0 amide bonds. The lowest BCUT2D eigenvalue weighted by atomic mass is 10.1. The van der Waals surface area contributed by atoms with Gasteiger partial charge in [-0.1, -0.05) is 0 Å². The molecule has 0 atom stereocenters. The molecule has 5 nitrogen and oxygen atoms in total. The van der Waals surface area contributed by atoms with Crippen LogP contribution in [0.3, 0.4) is 0 Å². The molecule has 19 heavy (non-hydrogen) atoms. The van der Waals surface area contributed by atoms with E-state index in [1.165, 1.54) is 12.1 Å². The van der Waals surface area contributed by atoms with Crippen molar-refractivity contribution in [3.63, 3.8) is 0 Å². The number of hydrogen-bond acceptors (Lipinski definition) is 4. The van der Waals surface area contributed by atoms with Crippen LogP contribution in [0.5, 0.6) is 5.75 Å². The minimum Gasteiger partial charge on any atom is -0.493 e. The Balaban J connectivity index is 2.65. The highest BCUT2D eigenvalue weighted by molar-refractivity contribution is 7.91. The summed E-state index contributed by atoms with van der Waals surface area (Å²) in [6, 6.07) is 4.56. The third-order valence-corrected chi connectivity index (χ3v) is 4.96. The average Bonchev–Trinajstić information content (AvgIpc) is 2.28. The van der Waals surface area contributed by atoms with E-state index in [1.54, 1.807) is 26.8 Å². The molecule has 1 aromatic carbocycles. The molecule has 1 N–H and O–H groups in total. The Morgan fingerprint density at radius 2 is 2.00 bits per heavy atom. The molecule has 1 aromatic rings. The highest BCUT2D eigenvalue weighted by Crippen LogP contribution is 2.17. The number of ether oxygens (including phenoxy) is 1. The molecular formula is C13H18O5S. The summed E-state index contributed by atoms with van der Waals surface area (Å²) >= 11 is 0. The van der Waals surface area contributed by atoms with Crippen molar-refractivity contribution in [3.05, 3.63) is 29.3 Å². The quantitative estimate of drug-likeness (QED) is 0.863. The van der Waals surface area contributed by atoms with Crippen molar-refractivity contribution in [1.29, 1.82) is 0 Å². The molecule has 0 aliphatic carbocycles. The van der Waals surface area contributed by atoms with Crippen LogP contribution in [0, 0.1) is 6.92 Å². The molecule has 0 aromatic heterocycles. The normalized spacial score (nSPS) is 11.6. The molecule has 0 fully saturated rings. The summed E-state index contributed by atoms with van der Waals surface area (Å²) in [5.74, 6) is -0.572. The van der Waals surface area contributed by atoms with Crippen LogP contribution < -0.4 is 4.74 Å². The van der Waals surface area contributed by atoms with Gasteiger partial charge in [-0.2, -0.15) is 0 Å². The van der Waals surface area contributed by atoms with Crippen LogP contribution in [-0.4, -0.2) is 37.1 Å². The maximum Gasteiger partial charge on any atom is 0.335 e. The summed E-state index contributed by atoms with van der Waals surface area (Å²) in [5, 5.41) is 8.46. The van der Waals surface area contributed by atoms with Crippen molar-refractivity contribution >= 4 is 15.8 Å². The van der Waals surface area contributed by atoms with Gasteiger partial charge >= 0.3 is 5.97 Å². The van der Waals surface area contributed by atoms with E-state index in [2.05, 4.69) is 0 Å². The summed E-state index contributed by atoms with van der Waals surface area (Å²) in [6.07, 6.45) is 0. The van der Waals surface area contributed by atoms with Gasteiger partial charge in [-0.15, -0.1) is 0 Å². The Kier molecular flexibility index (Phi) is 4.94. The van der Waals surface area contributed by atoms with Crippen molar-refractivity contribution in [1.82, 2.24) is 0 Å². The highest BCUT2D eigenvalue weighted by atomic mass is 32.2. The lowest BCUT2D eigenvalue weighted by Crippen LogP contribution is -2.22. The zero-order valence-corrected chi connectivity index (χ0v) is 12.0. The lowest BCUT2D eigenvalue weighted by molar-refractivity contribution is 0.0696. The number of sulfone groups is 1. The van der Waals surface area contributed by atoms with Gasteiger partial charge in [0.1, 0.15) is 12.4 Å². The molecule has 0 bridgehead atoms. The van der Waals surface area contributed by atoms with E-state index in [-0.39, 0.29) is 17.9 Å². The van der Waals surface area contributed by atoms with E-state index in [9.17, 15) is 13.2 Å². The SMILES string of the molecule is Cc1cc(OCCS(=O)(=O)C(C)C)ccc1C(=O)O. The number of rotatable bonds is 6. The van der Waals surface area contributed by atoms with Gasteiger partial charge in [0.05, 0.1) is 16.6 Å². The number of carboxylic acids is 1. The van der Waals surface area contributed by atoms with Crippen LogP contribution >= 0.6 is 0 Å². The number of aryl methyl sites for hydroxylation is 1. The number of carboxylic acid groups (broad SMARTS) is 1. The molecule has 0 saturated heterocycles. The van der Waals surface area contributed by atoms with Crippen LogP contribution in [-0.2, 0) is 9.84 Å². The summed E-state index contributed by atoms with van der Waals surface area (Å²) in [6.45, 7) is 4.98. The first-order valence-corrected chi connectivity index (χ1v) is 7.64. The van der Waals surface area contributed by atoms with E-state index in [1.807, 2.05) is 0 Å². The van der Waals surface area contributed by atoms with Gasteiger partial charge in [0.15, 0.2) is 9.84 Å². The molecule has 0 unspecified atom stereocenters. The molecule has 0 saturated carbocycles. The molecule has 0 spiro atoms. The second kappa shape index (κ2) is 6.06. The molecule has 0 aliphatic heterocycles. The smallest absolute Gasteiger partial charge is 0.335 e. The summed E-state index contributed by atoms with van der Waals surface area (Å²) in [5.41, 5.74) is 0.791. The van der Waals surface area contributed by atoms with E-state index in [0.717, 1.165) is 0 Å². The minimum atomic E-state index is -3.12. The van der Waals surface area contributed by atoms with Crippen molar-refractivity contribution < 1.29 is 23.1 Å². The molecule has 1 rings (SSSR count). The van der Waals surface area contributed by atoms with Gasteiger partial charge in [-0.25, -0.2) is 13.2 Å². The third-order valence-electron chi connectivity index (χ3n) is 2.78. The predicted octanol–water partition coefficient (Wildman–Crippen LogP) is 1.90. The Bertz CT molecular complexity index is 560. The maximum absolute atomic E-state index is 11.6. The highest BCUT2D eigenvalue weighted by Gasteiger charge is 2.16. The Morgan fingerprint density at radius 3 is 2.47 bits per heavy atom. The van der Waals surface area contributed by atoms with Crippen molar-refractivity contribution in [2.24, 2.45) is 0 Å². The topological polar surface area (TPSA) is 80.7 Å². The van der Waals surface area contributed by atoms with Crippen molar-refractivity contribution in [3.8, 4) is 5.75 Å². The fourth-order valence-electron chi connectivity index (χ4n) is 1.48. The molecule has 0 aliphatic rings. The summed E-state index contributed by atoms with van der Waals surface area (Å²) < 4.78 is 28.5. The minimum absolute atomic E-state index is 0.0512. The van der Waals surface area contributed by atoms with Gasteiger partial charge in [-0.3, -0.25) is 0 Å². The van der Waals surface area contributed by atoms with Gasteiger partial charge in [0.2, 0.25) is 0 Å². The average molecular weight is 286 g/mol. The van der Waals surface area contributed by atoms with Gasteiger partial charge in [0.25, 0.3) is 0 Å². The monoisotopic (exact) mass is 286 g/mol. The van der Waals surface area contributed by atoms with Crippen LogP contribution in [0.1, 0.15) is 29.8 Å². The largest absolute Gasteiger partial charge is 0.493 e. The summed E-state index contributed by atoms with van der Waals surface area (Å²) in [7, 11) is -3.12. The van der Waals surface area contributed by atoms with Crippen LogP contribution in [0.2, 0.25) is 0 Å². The molecule has 0 heterocycles. The van der Waals surface area contributed by atoms with E-state index in [0.29, 0.717) is 11.3 Å². The zero-order valence-electron chi connectivity index (χ0n) is 11.2. The Morgan fingerprint density at radius 1 is 1.37 bits per heavy atom. The fourth-order valence-corrected chi connectivity index (χ4v) is 2.26. The standard InChI is InChI=1S/C13H18O5S/c1-9(2)19(16,17)7-6-18-11-4-5-12(13(14)15)10(3)8-11/h4-5,8-9H,6-7H2,1-3H3,(H,14,15). The molecule has 0 radical (unpaired) electrons. The number of aromatic carboxylic acids is 1. The van der Waals surface area contributed by atoms with E-state index >= 15 is 0 Å². The first kappa shape index (κ1) is 15.5. The molecular weight excluding hydrogens is 268 g/mol. The maximum atomic E-state index is 11.6. The third kappa shape index (κ3) is 4.24. The van der Waals surface area contributed by atoms with Crippen molar-refractivity contribution in [2.75, 3.05) is 12.4 Å². The summed E-state index contributed by atoms with van der Waals surface area (Å²) in [4.78, 5) is 10.8.